The Balaban J connectivity index is 1.25. The number of hydrogen-bond acceptors (Lipinski definition) is 3. The second-order valence-electron chi connectivity index (χ2n) is 13.8. The first-order valence-electron chi connectivity index (χ1n) is 13.8. The maximum Gasteiger partial charge on any atom is 0.407 e. The van der Waals surface area contributed by atoms with Crippen molar-refractivity contribution >= 4 is 12.0 Å². The number of carbonyl (C=O) groups is 2. The van der Waals surface area contributed by atoms with E-state index in [-0.39, 0.29) is 29.0 Å². The maximum atomic E-state index is 14.0. The number of rotatable bonds is 4. The molecule has 192 valence electrons. The van der Waals surface area contributed by atoms with Crippen LogP contribution < -0.4 is 10.6 Å². The molecule has 0 radical (unpaired) electrons. The second-order valence-corrected chi connectivity index (χ2v) is 13.8. The third kappa shape index (κ3) is 4.60. The monoisotopic (exact) mass is 480 g/mol. The van der Waals surface area contributed by atoms with Crippen molar-refractivity contribution in [2.24, 2.45) is 22.7 Å². The van der Waals surface area contributed by atoms with Crippen LogP contribution in [0.5, 0.6) is 0 Å². The standard InChI is InChI=1S/C30H44N2O3/c1-27(2,3)35-26(34)32-24-13-11-23(12-14-24)31-25(33)30-17-21-15-29(19-30,20-9-7-6-8-10-20)16-22(18-30)28(21,4)5/h6-10,21-24H,11-19H2,1-5H3,(H,31,33)(H,32,34)/t21?,22?,23-,24-,29?,30?. The minimum Gasteiger partial charge on any atom is -0.444 e. The van der Waals surface area contributed by atoms with Crippen LogP contribution in [0.15, 0.2) is 30.3 Å². The SMILES string of the molecule is CC(C)(C)OC(=O)N[C@H]1CC[C@H](NC(=O)C23CC4CC(c5ccccc5)(CC(C2)C4(C)C)C3)CC1. The minimum absolute atomic E-state index is 0.125. The highest BCUT2D eigenvalue weighted by atomic mass is 16.6. The fraction of sp³-hybridized carbons (Fsp3) is 0.733. The summed E-state index contributed by atoms with van der Waals surface area (Å²) in [5.41, 5.74) is 1.18. The summed E-state index contributed by atoms with van der Waals surface area (Å²) < 4.78 is 5.41. The van der Waals surface area contributed by atoms with Gasteiger partial charge >= 0.3 is 6.09 Å². The molecule has 0 heterocycles. The minimum atomic E-state index is -0.487. The van der Waals surface area contributed by atoms with Crippen LogP contribution in [-0.4, -0.2) is 29.7 Å². The number of alkyl carbamates (subject to hydrolysis) is 1. The maximum absolute atomic E-state index is 14.0. The quantitative estimate of drug-likeness (QED) is 0.546. The van der Waals surface area contributed by atoms with Gasteiger partial charge in [-0.1, -0.05) is 44.2 Å². The molecule has 0 aromatic heterocycles. The van der Waals surface area contributed by atoms with E-state index in [1.807, 2.05) is 20.8 Å². The predicted molar refractivity (Wildman–Crippen MR) is 138 cm³/mol. The van der Waals surface area contributed by atoms with Crippen molar-refractivity contribution in [1.29, 1.82) is 0 Å². The molecule has 2 N–H and O–H groups in total. The summed E-state index contributed by atoms with van der Waals surface area (Å²) in [6.45, 7) is 10.5. The lowest BCUT2D eigenvalue weighted by atomic mass is 9.36. The largest absolute Gasteiger partial charge is 0.444 e. The Hall–Kier alpha value is -2.04. The molecule has 2 amide bonds. The van der Waals surface area contributed by atoms with Crippen molar-refractivity contribution in [1.82, 2.24) is 10.6 Å². The van der Waals surface area contributed by atoms with Crippen LogP contribution in [0.3, 0.4) is 0 Å². The van der Waals surface area contributed by atoms with E-state index in [0.717, 1.165) is 44.9 Å². The van der Waals surface area contributed by atoms with Crippen LogP contribution in [0.25, 0.3) is 0 Å². The number of nitrogens with one attached hydrogen (secondary N) is 2. The lowest BCUT2D eigenvalue weighted by Crippen LogP contribution is -2.64. The van der Waals surface area contributed by atoms with Gasteiger partial charge in [-0.25, -0.2) is 4.79 Å². The second kappa shape index (κ2) is 8.52. The van der Waals surface area contributed by atoms with E-state index in [1.54, 1.807) is 0 Å². The Morgan fingerprint density at radius 2 is 1.40 bits per heavy atom. The average molecular weight is 481 g/mol. The van der Waals surface area contributed by atoms with E-state index in [9.17, 15) is 9.59 Å². The molecule has 6 rings (SSSR count). The van der Waals surface area contributed by atoms with Gasteiger partial charge < -0.3 is 15.4 Å². The highest BCUT2D eigenvalue weighted by Crippen LogP contribution is 2.71. The van der Waals surface area contributed by atoms with Gasteiger partial charge in [-0.15, -0.1) is 0 Å². The van der Waals surface area contributed by atoms with Gasteiger partial charge in [0, 0.05) is 12.1 Å². The fourth-order valence-electron chi connectivity index (χ4n) is 8.11. The molecule has 5 fully saturated rings. The Bertz CT molecular complexity index is 938. The molecule has 1 aromatic rings. The predicted octanol–water partition coefficient (Wildman–Crippen LogP) is 6.11. The summed E-state index contributed by atoms with van der Waals surface area (Å²) >= 11 is 0. The van der Waals surface area contributed by atoms with Crippen molar-refractivity contribution < 1.29 is 14.3 Å². The first kappa shape index (κ1) is 24.6. The molecule has 5 saturated carbocycles. The summed E-state index contributed by atoms with van der Waals surface area (Å²) in [4.78, 5) is 26.1. The Morgan fingerprint density at radius 3 is 1.94 bits per heavy atom. The molecule has 5 aliphatic carbocycles. The van der Waals surface area contributed by atoms with Crippen LogP contribution in [0.1, 0.15) is 98.0 Å². The van der Waals surface area contributed by atoms with Crippen LogP contribution in [0.4, 0.5) is 4.79 Å². The van der Waals surface area contributed by atoms with E-state index in [1.165, 1.54) is 18.4 Å². The molecule has 0 saturated heterocycles. The highest BCUT2D eigenvalue weighted by molar-refractivity contribution is 5.84. The van der Waals surface area contributed by atoms with Gasteiger partial charge in [0.05, 0.1) is 5.41 Å². The van der Waals surface area contributed by atoms with Gasteiger partial charge in [0.25, 0.3) is 0 Å². The number of hydrogen-bond donors (Lipinski definition) is 2. The molecule has 4 bridgehead atoms. The summed E-state index contributed by atoms with van der Waals surface area (Å²) in [7, 11) is 0. The molecule has 0 spiro atoms. The van der Waals surface area contributed by atoms with E-state index in [4.69, 9.17) is 4.74 Å². The zero-order chi connectivity index (χ0) is 25.1. The van der Waals surface area contributed by atoms with Crippen molar-refractivity contribution in [2.45, 2.75) is 116 Å². The van der Waals surface area contributed by atoms with Gasteiger partial charge in [-0.3, -0.25) is 4.79 Å². The zero-order valence-electron chi connectivity index (χ0n) is 22.3. The molecule has 2 unspecified atom stereocenters. The fourth-order valence-corrected chi connectivity index (χ4v) is 8.11. The molecular weight excluding hydrogens is 436 g/mol. The molecule has 2 atom stereocenters. The van der Waals surface area contributed by atoms with Crippen molar-refractivity contribution in [3.05, 3.63) is 35.9 Å². The normalized spacial score (nSPS) is 37.5. The number of carbonyl (C=O) groups excluding carboxylic acids is 2. The average Bonchev–Trinajstić information content (AvgIpc) is 2.78. The van der Waals surface area contributed by atoms with E-state index in [2.05, 4.69) is 54.8 Å². The van der Waals surface area contributed by atoms with E-state index >= 15 is 0 Å². The third-order valence-electron chi connectivity index (χ3n) is 9.98. The molecule has 0 aliphatic heterocycles. The highest BCUT2D eigenvalue weighted by Gasteiger charge is 2.66. The lowest BCUT2D eigenvalue weighted by Gasteiger charge is -2.67. The molecule has 5 heteroatoms. The summed E-state index contributed by atoms with van der Waals surface area (Å²) in [5, 5.41) is 6.52. The van der Waals surface area contributed by atoms with Gasteiger partial charge in [-0.05, 0) is 107 Å². The molecular formula is C30H44N2O3. The Morgan fingerprint density at radius 1 is 0.857 bits per heavy atom. The van der Waals surface area contributed by atoms with Gasteiger partial charge in [-0.2, -0.15) is 0 Å². The molecule has 1 aromatic carbocycles. The van der Waals surface area contributed by atoms with Crippen molar-refractivity contribution in [3.8, 4) is 0 Å². The first-order valence-corrected chi connectivity index (χ1v) is 13.8. The van der Waals surface area contributed by atoms with Gasteiger partial charge in [0.1, 0.15) is 5.60 Å². The Kier molecular flexibility index (Phi) is 6.00. The number of amides is 2. The first-order chi connectivity index (χ1) is 16.4. The topological polar surface area (TPSA) is 67.4 Å². The third-order valence-corrected chi connectivity index (χ3v) is 9.98. The molecule has 5 nitrogen and oxygen atoms in total. The molecule has 5 aliphatic rings. The van der Waals surface area contributed by atoms with Crippen molar-refractivity contribution in [2.75, 3.05) is 0 Å². The van der Waals surface area contributed by atoms with E-state index in [0.29, 0.717) is 23.2 Å². The number of ether oxygens (including phenoxy) is 1. The van der Waals surface area contributed by atoms with Gasteiger partial charge in [0.2, 0.25) is 5.91 Å². The number of benzene rings is 1. The lowest BCUT2D eigenvalue weighted by molar-refractivity contribution is -0.172. The van der Waals surface area contributed by atoms with Crippen LogP contribution in [0.2, 0.25) is 0 Å². The zero-order valence-corrected chi connectivity index (χ0v) is 22.3. The summed E-state index contributed by atoms with van der Waals surface area (Å²) in [6, 6.07) is 11.3. The van der Waals surface area contributed by atoms with Crippen molar-refractivity contribution in [3.63, 3.8) is 0 Å². The summed E-state index contributed by atoms with van der Waals surface area (Å²) in [5.74, 6) is 1.50. The Labute approximate surface area is 211 Å². The van der Waals surface area contributed by atoms with Gasteiger partial charge in [0.15, 0.2) is 0 Å². The molecule has 35 heavy (non-hydrogen) atoms. The van der Waals surface area contributed by atoms with E-state index < -0.39 is 5.60 Å². The van der Waals surface area contributed by atoms with Crippen LogP contribution in [0, 0.1) is 22.7 Å². The van der Waals surface area contributed by atoms with Crippen LogP contribution >= 0.6 is 0 Å². The van der Waals surface area contributed by atoms with Crippen LogP contribution in [-0.2, 0) is 14.9 Å². The smallest absolute Gasteiger partial charge is 0.407 e. The summed E-state index contributed by atoms with van der Waals surface area (Å²) in [6.07, 6.45) is 8.73.